The maximum atomic E-state index is 13.1. The van der Waals surface area contributed by atoms with Gasteiger partial charge in [0.1, 0.15) is 5.82 Å². The van der Waals surface area contributed by atoms with Gasteiger partial charge in [-0.05, 0) is 36.8 Å². The van der Waals surface area contributed by atoms with Gasteiger partial charge in [-0.1, -0.05) is 62.4 Å². The number of nitrogens with zero attached hydrogens (tertiary/aromatic N) is 3. The molecule has 1 N–H and O–H groups in total. The zero-order chi connectivity index (χ0) is 21.0. The summed E-state index contributed by atoms with van der Waals surface area (Å²) in [4.78, 5) is 12.3. The van der Waals surface area contributed by atoms with Crippen LogP contribution in [-0.2, 0) is 17.1 Å². The number of halogens is 1. The van der Waals surface area contributed by atoms with Crippen molar-refractivity contribution in [1.82, 2.24) is 20.1 Å². The van der Waals surface area contributed by atoms with Crippen LogP contribution in [0.5, 0.6) is 0 Å². The fourth-order valence-electron chi connectivity index (χ4n) is 2.61. The number of hydrogen-bond acceptors (Lipinski definition) is 4. The van der Waals surface area contributed by atoms with Crippen molar-refractivity contribution < 1.29 is 9.18 Å². The molecule has 0 fully saturated rings. The van der Waals surface area contributed by atoms with Gasteiger partial charge in [-0.25, -0.2) is 4.39 Å². The molecule has 5 nitrogen and oxygen atoms in total. The van der Waals surface area contributed by atoms with Gasteiger partial charge >= 0.3 is 0 Å². The summed E-state index contributed by atoms with van der Waals surface area (Å²) < 4.78 is 15.1. The number of benzene rings is 2. The number of nitrogens with one attached hydrogen (secondary N) is 1. The zero-order valence-electron chi connectivity index (χ0n) is 17.1. The van der Waals surface area contributed by atoms with Gasteiger partial charge in [0.15, 0.2) is 11.0 Å². The van der Waals surface area contributed by atoms with Crippen molar-refractivity contribution in [3.8, 4) is 5.69 Å². The van der Waals surface area contributed by atoms with Crippen LogP contribution < -0.4 is 5.32 Å². The third-order valence-corrected chi connectivity index (χ3v) is 5.36. The van der Waals surface area contributed by atoms with E-state index in [1.807, 2.05) is 56.5 Å². The van der Waals surface area contributed by atoms with E-state index in [1.165, 1.54) is 23.9 Å². The Kier molecular flexibility index (Phi) is 6.37. The van der Waals surface area contributed by atoms with Gasteiger partial charge in [-0.15, -0.1) is 10.2 Å². The average molecular weight is 413 g/mol. The van der Waals surface area contributed by atoms with E-state index in [9.17, 15) is 9.18 Å². The van der Waals surface area contributed by atoms with E-state index in [0.717, 1.165) is 22.0 Å². The molecule has 2 aromatic carbocycles. The molecule has 0 saturated carbocycles. The Morgan fingerprint density at radius 3 is 2.34 bits per heavy atom. The van der Waals surface area contributed by atoms with Crippen molar-refractivity contribution in [2.45, 2.75) is 45.1 Å². The number of amides is 1. The van der Waals surface area contributed by atoms with Gasteiger partial charge in [0.2, 0.25) is 5.91 Å². The van der Waals surface area contributed by atoms with Gasteiger partial charge < -0.3 is 5.32 Å². The quantitative estimate of drug-likeness (QED) is 0.598. The Morgan fingerprint density at radius 1 is 1.07 bits per heavy atom. The summed E-state index contributed by atoms with van der Waals surface area (Å²) in [7, 11) is 0. The van der Waals surface area contributed by atoms with E-state index in [0.29, 0.717) is 11.6 Å². The molecular formula is C22H25FN4OS. The number of thioether (sulfide) groups is 1. The summed E-state index contributed by atoms with van der Waals surface area (Å²) in [5.74, 6) is 1.00. The van der Waals surface area contributed by atoms with Crippen LogP contribution in [0.15, 0.2) is 53.7 Å². The molecule has 0 unspecified atom stereocenters. The predicted molar refractivity (Wildman–Crippen MR) is 113 cm³/mol. The topological polar surface area (TPSA) is 59.8 Å². The lowest BCUT2D eigenvalue weighted by molar-refractivity contribution is -0.128. The summed E-state index contributed by atoms with van der Waals surface area (Å²) in [6.45, 7) is 7.93. The van der Waals surface area contributed by atoms with Crippen LogP contribution in [0.1, 0.15) is 37.7 Å². The van der Waals surface area contributed by atoms with E-state index in [2.05, 4.69) is 15.5 Å². The summed E-state index contributed by atoms with van der Waals surface area (Å²) in [6, 6.07) is 14.5. The smallest absolute Gasteiger partial charge is 0.225 e. The lowest BCUT2D eigenvalue weighted by atomic mass is 9.96. The Labute approximate surface area is 174 Å². The summed E-state index contributed by atoms with van der Waals surface area (Å²) >= 11 is 1.52. The second-order valence-corrected chi connectivity index (χ2v) is 8.86. The molecule has 0 radical (unpaired) electrons. The van der Waals surface area contributed by atoms with Crippen molar-refractivity contribution in [2.24, 2.45) is 5.41 Å². The van der Waals surface area contributed by atoms with E-state index in [-0.39, 0.29) is 18.3 Å². The minimum atomic E-state index is -0.477. The fraction of sp³-hybridized carbons (Fsp3) is 0.318. The Hall–Kier alpha value is -2.67. The van der Waals surface area contributed by atoms with Gasteiger partial charge in [-0.3, -0.25) is 9.36 Å². The van der Waals surface area contributed by atoms with Crippen molar-refractivity contribution in [3.05, 3.63) is 71.3 Å². The highest BCUT2D eigenvalue weighted by Gasteiger charge is 2.22. The first-order chi connectivity index (χ1) is 13.7. The lowest BCUT2D eigenvalue weighted by Crippen LogP contribution is -2.35. The van der Waals surface area contributed by atoms with Crippen molar-refractivity contribution in [3.63, 3.8) is 0 Å². The van der Waals surface area contributed by atoms with Crippen LogP contribution in [0.4, 0.5) is 4.39 Å². The molecule has 3 rings (SSSR count). The monoisotopic (exact) mass is 412 g/mol. The maximum Gasteiger partial charge on any atom is 0.225 e. The summed E-state index contributed by atoms with van der Waals surface area (Å²) in [5, 5.41) is 12.3. The van der Waals surface area contributed by atoms with E-state index >= 15 is 0 Å². The molecule has 1 amide bonds. The zero-order valence-corrected chi connectivity index (χ0v) is 17.9. The van der Waals surface area contributed by atoms with E-state index < -0.39 is 5.41 Å². The predicted octanol–water partition coefficient (Wildman–Crippen LogP) is 4.67. The molecule has 0 saturated heterocycles. The third kappa shape index (κ3) is 5.44. The maximum absolute atomic E-state index is 13.1. The first kappa shape index (κ1) is 21.0. The molecule has 1 aromatic heterocycles. The molecule has 0 atom stereocenters. The van der Waals surface area contributed by atoms with Gasteiger partial charge in [0, 0.05) is 16.9 Å². The number of rotatable bonds is 6. The van der Waals surface area contributed by atoms with Crippen LogP contribution in [-0.4, -0.2) is 20.7 Å². The standard InChI is InChI=1S/C22H25FN4OS/c1-15-5-11-18(12-6-15)27-19(13-24-20(28)22(2,3)4)25-26-21(27)29-14-16-7-9-17(23)10-8-16/h5-12H,13-14H2,1-4H3,(H,24,28). The van der Waals surface area contributed by atoms with E-state index in [1.54, 1.807) is 12.1 Å². The largest absolute Gasteiger partial charge is 0.348 e. The molecule has 29 heavy (non-hydrogen) atoms. The number of carbonyl (C=O) groups is 1. The highest BCUT2D eigenvalue weighted by Crippen LogP contribution is 2.26. The SMILES string of the molecule is Cc1ccc(-n2c(CNC(=O)C(C)(C)C)nnc2SCc2ccc(F)cc2)cc1. The van der Waals surface area contributed by atoms with Crippen molar-refractivity contribution >= 4 is 17.7 Å². The van der Waals surface area contributed by atoms with Crippen LogP contribution in [0.2, 0.25) is 0 Å². The lowest BCUT2D eigenvalue weighted by Gasteiger charge is -2.18. The number of carbonyl (C=O) groups excluding carboxylic acids is 1. The van der Waals surface area contributed by atoms with Gasteiger partial charge in [0.25, 0.3) is 0 Å². The number of hydrogen-bond donors (Lipinski definition) is 1. The molecule has 3 aromatic rings. The second-order valence-electron chi connectivity index (χ2n) is 7.92. The minimum Gasteiger partial charge on any atom is -0.348 e. The molecule has 1 heterocycles. The molecule has 0 aliphatic heterocycles. The summed E-state index contributed by atoms with van der Waals surface area (Å²) in [6.07, 6.45) is 0. The Morgan fingerprint density at radius 2 is 1.72 bits per heavy atom. The Bertz CT molecular complexity index is 976. The molecule has 0 bridgehead atoms. The molecule has 0 aliphatic carbocycles. The van der Waals surface area contributed by atoms with Crippen LogP contribution in [0.3, 0.4) is 0 Å². The van der Waals surface area contributed by atoms with Gasteiger partial charge in [0.05, 0.1) is 6.54 Å². The molecular weight excluding hydrogens is 387 g/mol. The minimum absolute atomic E-state index is 0.0449. The van der Waals surface area contributed by atoms with Crippen molar-refractivity contribution in [1.29, 1.82) is 0 Å². The summed E-state index contributed by atoms with van der Waals surface area (Å²) in [5.41, 5.74) is 2.61. The highest BCUT2D eigenvalue weighted by atomic mass is 32.2. The Balaban J connectivity index is 1.85. The van der Waals surface area contributed by atoms with E-state index in [4.69, 9.17) is 0 Å². The molecule has 152 valence electrons. The molecule has 0 aliphatic rings. The van der Waals surface area contributed by atoms with Gasteiger partial charge in [-0.2, -0.15) is 0 Å². The average Bonchev–Trinajstić information content (AvgIpc) is 3.08. The van der Waals surface area contributed by atoms with Crippen LogP contribution in [0.25, 0.3) is 5.69 Å². The fourth-order valence-corrected chi connectivity index (χ4v) is 3.54. The van der Waals surface area contributed by atoms with Crippen LogP contribution >= 0.6 is 11.8 Å². The second kappa shape index (κ2) is 8.78. The normalized spacial score (nSPS) is 11.5. The number of aryl methyl sites for hydroxylation is 1. The van der Waals surface area contributed by atoms with Crippen molar-refractivity contribution in [2.75, 3.05) is 0 Å². The molecule has 7 heteroatoms. The first-order valence-corrected chi connectivity index (χ1v) is 10.4. The van der Waals surface area contributed by atoms with Crippen LogP contribution in [0, 0.1) is 18.2 Å². The number of aromatic nitrogens is 3. The highest BCUT2D eigenvalue weighted by molar-refractivity contribution is 7.98. The molecule has 0 spiro atoms. The first-order valence-electron chi connectivity index (χ1n) is 9.41. The third-order valence-electron chi connectivity index (χ3n) is 4.36.